The van der Waals surface area contributed by atoms with Gasteiger partial charge in [0.05, 0.1) is 12.2 Å². The number of unbranched alkanes of at least 4 members (excludes halogenated alkanes) is 3. The lowest BCUT2D eigenvalue weighted by Crippen LogP contribution is -2.24. The predicted octanol–water partition coefficient (Wildman–Crippen LogP) is 3.56. The number of cyclic esters (lactones) is 1. The second-order valence-corrected chi connectivity index (χ2v) is 5.13. The highest BCUT2D eigenvalue weighted by Gasteiger charge is 2.32. The molecule has 1 aromatic rings. The van der Waals surface area contributed by atoms with Gasteiger partial charge in [-0.2, -0.15) is 4.39 Å². The smallest absolute Gasteiger partial charge is 0.414 e. The minimum absolute atomic E-state index is 0.113. The Morgan fingerprint density at radius 2 is 2.20 bits per heavy atom. The van der Waals surface area contributed by atoms with Gasteiger partial charge in [0.25, 0.3) is 5.75 Å². The van der Waals surface area contributed by atoms with Crippen LogP contribution in [0.2, 0.25) is 0 Å². The second kappa shape index (κ2) is 6.59. The highest BCUT2D eigenvalue weighted by Crippen LogP contribution is 2.27. The van der Waals surface area contributed by atoms with E-state index in [1.54, 1.807) is 6.07 Å². The summed E-state index contributed by atoms with van der Waals surface area (Å²) < 4.78 is 18.7. The van der Waals surface area contributed by atoms with E-state index in [0.717, 1.165) is 19.3 Å². The Morgan fingerprint density at radius 1 is 1.40 bits per heavy atom. The van der Waals surface area contributed by atoms with E-state index in [9.17, 15) is 9.18 Å². The molecule has 0 saturated carbocycles. The van der Waals surface area contributed by atoms with Gasteiger partial charge in [0, 0.05) is 12.1 Å². The van der Waals surface area contributed by atoms with Crippen molar-refractivity contribution in [3.05, 3.63) is 24.0 Å². The van der Waals surface area contributed by atoms with Crippen molar-refractivity contribution in [3.63, 3.8) is 0 Å². The lowest BCUT2D eigenvalue weighted by Gasteiger charge is -2.12. The van der Waals surface area contributed by atoms with Crippen LogP contribution in [0.25, 0.3) is 0 Å². The van der Waals surface area contributed by atoms with E-state index in [0.29, 0.717) is 12.2 Å². The van der Waals surface area contributed by atoms with Crippen molar-refractivity contribution >= 4 is 11.8 Å². The van der Waals surface area contributed by atoms with Crippen molar-refractivity contribution < 1.29 is 19.0 Å². The van der Waals surface area contributed by atoms with Crippen LogP contribution in [-0.2, 0) is 4.74 Å². The fraction of sp³-hybridized carbons (Fsp3) is 0.533. The number of anilines is 1. The topological polar surface area (TPSA) is 52.4 Å². The molecule has 2 rings (SSSR count). The molecule has 4 nitrogen and oxygen atoms in total. The molecule has 1 aliphatic rings. The van der Waals surface area contributed by atoms with Crippen molar-refractivity contribution in [2.75, 3.05) is 11.4 Å². The Bertz CT molecular complexity index is 478. The molecule has 5 heteroatoms. The maximum absolute atomic E-state index is 13.4. The number of ether oxygens (including phenoxy) is 1. The largest absolute Gasteiger partial charge is 0.591 e. The third-order valence-corrected chi connectivity index (χ3v) is 3.52. The highest BCUT2D eigenvalue weighted by atomic mass is 19.1. The normalized spacial score (nSPS) is 18.4. The number of rotatable bonds is 6. The van der Waals surface area contributed by atoms with Crippen molar-refractivity contribution in [3.8, 4) is 5.75 Å². The van der Waals surface area contributed by atoms with Crippen LogP contribution < -0.4 is 4.90 Å². The summed E-state index contributed by atoms with van der Waals surface area (Å²) in [7, 11) is 0. The molecule has 1 atom stereocenters. The Balaban J connectivity index is 1.93. The highest BCUT2D eigenvalue weighted by molar-refractivity contribution is 5.89. The van der Waals surface area contributed by atoms with Gasteiger partial charge in [-0.3, -0.25) is 4.90 Å². The molecule has 2 N–H and O–H groups in total. The van der Waals surface area contributed by atoms with Gasteiger partial charge in [0.1, 0.15) is 6.10 Å². The predicted molar refractivity (Wildman–Crippen MR) is 75.8 cm³/mol. The van der Waals surface area contributed by atoms with E-state index in [-0.39, 0.29) is 11.9 Å². The van der Waals surface area contributed by atoms with E-state index < -0.39 is 11.9 Å². The van der Waals surface area contributed by atoms with Crippen molar-refractivity contribution in [1.29, 1.82) is 0 Å². The maximum atomic E-state index is 13.4. The van der Waals surface area contributed by atoms with Gasteiger partial charge < -0.3 is 9.84 Å². The van der Waals surface area contributed by atoms with Crippen LogP contribution in [0.3, 0.4) is 0 Å². The first-order valence-electron chi connectivity index (χ1n) is 7.11. The van der Waals surface area contributed by atoms with Crippen molar-refractivity contribution in [2.45, 2.75) is 45.1 Å². The average molecular weight is 282 g/mol. The van der Waals surface area contributed by atoms with E-state index >= 15 is 0 Å². The van der Waals surface area contributed by atoms with Gasteiger partial charge in [0.15, 0.2) is 0 Å². The monoisotopic (exact) mass is 282 g/mol. The SMILES string of the molecule is CCCCCCC1CN(c2ccc([OH2+])c(F)c2)C(=O)O1. The van der Waals surface area contributed by atoms with Crippen LogP contribution in [0.1, 0.15) is 39.0 Å². The number of carbonyl (C=O) groups is 1. The fourth-order valence-corrected chi connectivity index (χ4v) is 2.35. The number of hydrogen-bond acceptors (Lipinski definition) is 2. The molecule has 1 amide bonds. The lowest BCUT2D eigenvalue weighted by atomic mass is 10.1. The molecule has 110 valence electrons. The first kappa shape index (κ1) is 14.6. The Morgan fingerprint density at radius 3 is 2.90 bits per heavy atom. The van der Waals surface area contributed by atoms with Gasteiger partial charge in [0.2, 0.25) is 5.82 Å². The van der Waals surface area contributed by atoms with Gasteiger partial charge in [-0.1, -0.05) is 26.2 Å². The number of benzene rings is 1. The summed E-state index contributed by atoms with van der Waals surface area (Å²) in [6.07, 6.45) is 4.87. The Labute approximate surface area is 118 Å². The third kappa shape index (κ3) is 3.40. The average Bonchev–Trinajstić information content (AvgIpc) is 2.79. The standard InChI is InChI=1S/C15H20FNO3/c1-2-3-4-5-6-12-10-17(15(19)20-12)11-7-8-14(18)13(16)9-11/h7-9,12,18H,2-6,10H2,1H3/p+1. The minimum atomic E-state index is -0.623. The second-order valence-electron chi connectivity index (χ2n) is 5.13. The molecule has 1 unspecified atom stereocenters. The summed E-state index contributed by atoms with van der Waals surface area (Å²) in [6, 6.07) is 4.14. The number of hydrogen-bond donors (Lipinski definition) is 0. The number of carbonyl (C=O) groups excluding carboxylic acids is 1. The zero-order chi connectivity index (χ0) is 14.5. The Hall–Kier alpha value is -1.78. The summed E-state index contributed by atoms with van der Waals surface area (Å²) in [5, 5.41) is 7.30. The first-order valence-corrected chi connectivity index (χ1v) is 7.11. The van der Waals surface area contributed by atoms with E-state index in [1.807, 2.05) is 0 Å². The summed E-state index contributed by atoms with van der Waals surface area (Å²) in [6.45, 7) is 2.61. The molecule has 0 aromatic heterocycles. The molecule has 20 heavy (non-hydrogen) atoms. The molecule has 1 aromatic carbocycles. The summed E-state index contributed by atoms with van der Waals surface area (Å²) in [4.78, 5) is 13.2. The summed E-state index contributed by atoms with van der Waals surface area (Å²) in [5.74, 6) is -0.792. The van der Waals surface area contributed by atoms with Crippen molar-refractivity contribution in [1.82, 2.24) is 0 Å². The molecule has 1 heterocycles. The van der Waals surface area contributed by atoms with Gasteiger partial charge in [-0.25, -0.2) is 4.79 Å². The minimum Gasteiger partial charge on any atom is -0.591 e. The fourth-order valence-electron chi connectivity index (χ4n) is 2.35. The first-order chi connectivity index (χ1) is 9.61. The Kier molecular flexibility index (Phi) is 4.82. The molecular formula is C15H21FNO3+. The summed E-state index contributed by atoms with van der Waals surface area (Å²) in [5.41, 5.74) is 0.458. The molecule has 0 bridgehead atoms. The van der Waals surface area contributed by atoms with Crippen LogP contribution in [-0.4, -0.2) is 23.8 Å². The lowest BCUT2D eigenvalue weighted by molar-refractivity contribution is 0.135. The molecule has 0 radical (unpaired) electrons. The van der Waals surface area contributed by atoms with E-state index in [2.05, 4.69) is 6.92 Å². The van der Waals surface area contributed by atoms with Gasteiger partial charge >= 0.3 is 6.09 Å². The number of halogens is 1. The molecule has 1 fully saturated rings. The van der Waals surface area contributed by atoms with Gasteiger partial charge in [-0.15, -0.1) is 0 Å². The molecule has 0 aliphatic carbocycles. The zero-order valence-corrected chi connectivity index (χ0v) is 11.7. The molecule has 0 spiro atoms. The molecular weight excluding hydrogens is 261 g/mol. The van der Waals surface area contributed by atoms with Crippen LogP contribution in [0.4, 0.5) is 14.9 Å². The van der Waals surface area contributed by atoms with Crippen LogP contribution in [0, 0.1) is 5.82 Å². The quantitative estimate of drug-likeness (QED) is 0.591. The van der Waals surface area contributed by atoms with Crippen LogP contribution in [0.15, 0.2) is 18.2 Å². The maximum Gasteiger partial charge on any atom is 0.414 e. The number of nitrogens with zero attached hydrogens (tertiary/aromatic N) is 1. The van der Waals surface area contributed by atoms with Gasteiger partial charge in [-0.05, 0) is 18.9 Å². The van der Waals surface area contributed by atoms with Crippen LogP contribution >= 0.6 is 0 Å². The van der Waals surface area contributed by atoms with E-state index in [4.69, 9.17) is 9.84 Å². The van der Waals surface area contributed by atoms with E-state index in [1.165, 1.54) is 29.9 Å². The number of amides is 1. The van der Waals surface area contributed by atoms with Crippen LogP contribution in [0.5, 0.6) is 5.75 Å². The molecule has 1 saturated heterocycles. The third-order valence-electron chi connectivity index (χ3n) is 3.52. The molecule has 1 aliphatic heterocycles. The zero-order valence-electron chi connectivity index (χ0n) is 11.7. The summed E-state index contributed by atoms with van der Waals surface area (Å²) >= 11 is 0. The van der Waals surface area contributed by atoms with Crippen molar-refractivity contribution in [2.24, 2.45) is 0 Å².